The maximum Gasteiger partial charge on any atom is 0.341 e. The van der Waals surface area contributed by atoms with Crippen LogP contribution in [-0.2, 0) is 11.2 Å². The van der Waals surface area contributed by atoms with E-state index < -0.39 is 11.6 Å². The van der Waals surface area contributed by atoms with Gasteiger partial charge in [-0.25, -0.2) is 19.1 Å². The van der Waals surface area contributed by atoms with Crippen molar-refractivity contribution in [2.45, 2.75) is 59.1 Å². The molecular formula is C24H26N4O5. The maximum atomic E-state index is 13.2. The summed E-state index contributed by atoms with van der Waals surface area (Å²) in [5, 5.41) is 16.4. The molecule has 4 rings (SSSR count). The Morgan fingerprint density at radius 3 is 2.58 bits per heavy atom. The van der Waals surface area contributed by atoms with Crippen molar-refractivity contribution < 1.29 is 24.2 Å². The normalized spacial score (nSPS) is 15.4. The van der Waals surface area contributed by atoms with Crippen LogP contribution in [0.5, 0.6) is 0 Å². The van der Waals surface area contributed by atoms with Gasteiger partial charge in [-0.3, -0.25) is 4.79 Å². The number of ether oxygens (including phenoxy) is 1. The molecule has 1 amide bonds. The zero-order chi connectivity index (χ0) is 24.1. The highest BCUT2D eigenvalue weighted by Crippen LogP contribution is 2.35. The van der Waals surface area contributed by atoms with E-state index in [0.717, 1.165) is 23.1 Å². The van der Waals surface area contributed by atoms with Crippen molar-refractivity contribution in [3.05, 3.63) is 63.6 Å². The lowest BCUT2D eigenvalue weighted by Gasteiger charge is -2.21. The molecule has 2 aromatic heterocycles. The van der Waals surface area contributed by atoms with E-state index in [9.17, 15) is 19.5 Å². The van der Waals surface area contributed by atoms with Gasteiger partial charge in [-0.15, -0.1) is 0 Å². The number of amides is 1. The maximum absolute atomic E-state index is 13.2. The zero-order valence-corrected chi connectivity index (χ0v) is 19.2. The molecule has 0 fully saturated rings. The van der Waals surface area contributed by atoms with Crippen LogP contribution in [0.2, 0.25) is 0 Å². The van der Waals surface area contributed by atoms with Gasteiger partial charge in [0.1, 0.15) is 16.9 Å². The van der Waals surface area contributed by atoms with Crippen LogP contribution in [0.25, 0.3) is 5.65 Å². The molecule has 172 valence electrons. The molecule has 0 unspecified atom stereocenters. The van der Waals surface area contributed by atoms with Gasteiger partial charge in [0.15, 0.2) is 5.65 Å². The third-order valence-corrected chi connectivity index (χ3v) is 5.68. The number of aromatic nitrogens is 3. The van der Waals surface area contributed by atoms with E-state index in [1.165, 1.54) is 10.7 Å². The van der Waals surface area contributed by atoms with E-state index in [4.69, 9.17) is 4.74 Å². The first kappa shape index (κ1) is 22.4. The number of hydrogen-bond donors (Lipinski definition) is 2. The number of rotatable bonds is 4. The summed E-state index contributed by atoms with van der Waals surface area (Å²) < 4.78 is 6.77. The fourth-order valence-corrected chi connectivity index (χ4v) is 4.21. The monoisotopic (exact) mass is 450 g/mol. The first-order chi connectivity index (χ1) is 15.5. The van der Waals surface area contributed by atoms with Crippen molar-refractivity contribution in [2.75, 3.05) is 0 Å². The van der Waals surface area contributed by atoms with E-state index in [2.05, 4.69) is 15.4 Å². The van der Waals surface area contributed by atoms with Crippen LogP contribution >= 0.6 is 0 Å². The Bertz CT molecular complexity index is 1300. The highest BCUT2D eigenvalue weighted by atomic mass is 16.6. The Morgan fingerprint density at radius 1 is 1.18 bits per heavy atom. The highest BCUT2D eigenvalue weighted by molar-refractivity contribution is 5.97. The molecule has 2 N–H and O–H groups in total. The molecule has 9 heteroatoms. The van der Waals surface area contributed by atoms with Crippen LogP contribution < -0.4 is 5.32 Å². The Balaban J connectivity index is 1.62. The molecule has 0 bridgehead atoms. The number of nitrogens with zero attached hydrogens (tertiary/aromatic N) is 3. The van der Waals surface area contributed by atoms with Crippen LogP contribution in [0.15, 0.2) is 24.4 Å². The number of carbonyl (C=O) groups is 3. The van der Waals surface area contributed by atoms with E-state index in [-0.39, 0.29) is 34.8 Å². The third kappa shape index (κ3) is 4.18. The van der Waals surface area contributed by atoms with E-state index in [1.54, 1.807) is 19.1 Å². The minimum atomic E-state index is -1.16. The fourth-order valence-electron chi connectivity index (χ4n) is 4.21. The molecule has 33 heavy (non-hydrogen) atoms. The van der Waals surface area contributed by atoms with E-state index in [1.807, 2.05) is 33.8 Å². The number of hydrogen-bond acceptors (Lipinski definition) is 6. The fraction of sp³-hybridized carbons (Fsp3) is 0.375. The van der Waals surface area contributed by atoms with Crippen LogP contribution in [0, 0.1) is 13.8 Å². The highest BCUT2D eigenvalue weighted by Gasteiger charge is 2.30. The molecule has 0 aliphatic heterocycles. The van der Waals surface area contributed by atoms with E-state index in [0.29, 0.717) is 17.7 Å². The van der Waals surface area contributed by atoms with Gasteiger partial charge < -0.3 is 15.2 Å². The van der Waals surface area contributed by atoms with Crippen LogP contribution in [-0.4, -0.2) is 43.2 Å². The van der Waals surface area contributed by atoms with Gasteiger partial charge in [0.05, 0.1) is 17.8 Å². The van der Waals surface area contributed by atoms with Crippen LogP contribution in [0.3, 0.4) is 0 Å². The van der Waals surface area contributed by atoms with Gasteiger partial charge >= 0.3 is 11.9 Å². The number of nitrogens with one attached hydrogen (secondary N) is 1. The minimum absolute atomic E-state index is 0.0655. The number of carbonyl (C=O) groups excluding carboxylic acids is 2. The number of aromatic carboxylic acids is 1. The minimum Gasteiger partial charge on any atom is -0.477 e. The van der Waals surface area contributed by atoms with Crippen molar-refractivity contribution in [1.29, 1.82) is 0 Å². The quantitative estimate of drug-likeness (QED) is 0.584. The molecule has 1 aliphatic carbocycles. The number of fused-ring (bicyclic) bond motifs is 2. The molecule has 1 aromatic carbocycles. The predicted molar refractivity (Wildman–Crippen MR) is 120 cm³/mol. The zero-order valence-electron chi connectivity index (χ0n) is 19.2. The average molecular weight is 450 g/mol. The Hall–Kier alpha value is -3.75. The molecule has 3 aromatic rings. The number of aryl methyl sites for hydroxylation is 1. The SMILES string of the molecule is Cc1cc(C(=O)N[C@H]2CCc3c2ccc(C(=O)OC(C)(C)C)c3C)n2ncc(C(=O)O)c2n1. The Labute approximate surface area is 190 Å². The van der Waals surface area contributed by atoms with Crippen molar-refractivity contribution in [3.63, 3.8) is 0 Å². The van der Waals surface area contributed by atoms with Crippen molar-refractivity contribution in [2.24, 2.45) is 0 Å². The number of carboxylic acid groups (broad SMARTS) is 1. The third-order valence-electron chi connectivity index (χ3n) is 5.68. The molecule has 1 aliphatic rings. The topological polar surface area (TPSA) is 123 Å². The summed E-state index contributed by atoms with van der Waals surface area (Å²) in [7, 11) is 0. The number of carboxylic acids is 1. The number of esters is 1. The van der Waals surface area contributed by atoms with Gasteiger partial charge in [0.2, 0.25) is 0 Å². The lowest BCUT2D eigenvalue weighted by atomic mass is 9.97. The predicted octanol–water partition coefficient (Wildman–Crippen LogP) is 3.42. The molecule has 1 atom stereocenters. The average Bonchev–Trinajstić information content (AvgIpc) is 3.31. The summed E-state index contributed by atoms with van der Waals surface area (Å²) in [6.07, 6.45) is 2.60. The van der Waals surface area contributed by atoms with E-state index >= 15 is 0 Å². The smallest absolute Gasteiger partial charge is 0.341 e. The summed E-state index contributed by atoms with van der Waals surface area (Å²) in [6, 6.07) is 4.95. The largest absolute Gasteiger partial charge is 0.477 e. The van der Waals surface area contributed by atoms with Gasteiger partial charge in [0.25, 0.3) is 5.91 Å². The van der Waals surface area contributed by atoms with Crippen LogP contribution in [0.4, 0.5) is 0 Å². The molecule has 0 saturated carbocycles. The standard InChI is InChI=1S/C24H26N4O5/c1-12-10-19(28-20(26-12)17(11-25-28)22(30)31)21(29)27-18-9-8-14-13(2)15(6-7-16(14)18)23(32)33-24(3,4)5/h6-7,10-11,18H,8-9H2,1-5H3,(H,27,29)(H,30,31)/t18-/m0/s1. The molecular weight excluding hydrogens is 424 g/mol. The van der Waals surface area contributed by atoms with Gasteiger partial charge in [0, 0.05) is 5.69 Å². The van der Waals surface area contributed by atoms with Crippen LogP contribution in [0.1, 0.15) is 86.8 Å². The van der Waals surface area contributed by atoms with Gasteiger partial charge in [-0.2, -0.15) is 5.10 Å². The summed E-state index contributed by atoms with van der Waals surface area (Å²) in [5.74, 6) is -1.90. The second-order valence-electron chi connectivity index (χ2n) is 9.25. The molecule has 2 heterocycles. The Morgan fingerprint density at radius 2 is 1.91 bits per heavy atom. The first-order valence-electron chi connectivity index (χ1n) is 10.7. The Kier molecular flexibility index (Phi) is 5.43. The van der Waals surface area contributed by atoms with Gasteiger partial charge in [-0.05, 0) is 76.3 Å². The molecule has 0 spiro atoms. The second kappa shape index (κ2) is 7.99. The lowest BCUT2D eigenvalue weighted by Crippen LogP contribution is -2.29. The summed E-state index contributed by atoms with van der Waals surface area (Å²) in [6.45, 7) is 9.08. The summed E-state index contributed by atoms with van der Waals surface area (Å²) in [4.78, 5) is 41.4. The van der Waals surface area contributed by atoms with Gasteiger partial charge in [-0.1, -0.05) is 6.07 Å². The molecule has 0 radical (unpaired) electrons. The molecule has 9 nitrogen and oxygen atoms in total. The van der Waals surface area contributed by atoms with Crippen molar-refractivity contribution >= 4 is 23.5 Å². The molecule has 0 saturated heterocycles. The first-order valence-corrected chi connectivity index (χ1v) is 10.7. The number of benzene rings is 1. The second-order valence-corrected chi connectivity index (χ2v) is 9.25. The van der Waals surface area contributed by atoms with Crippen molar-refractivity contribution in [1.82, 2.24) is 19.9 Å². The lowest BCUT2D eigenvalue weighted by molar-refractivity contribution is 0.00682. The summed E-state index contributed by atoms with van der Waals surface area (Å²) >= 11 is 0. The van der Waals surface area contributed by atoms with Crippen molar-refractivity contribution in [3.8, 4) is 0 Å². The summed E-state index contributed by atoms with van der Waals surface area (Å²) in [5.41, 5.74) is 3.58.